The van der Waals surface area contributed by atoms with Gasteiger partial charge in [-0.05, 0) is 51.8 Å². The highest BCUT2D eigenvalue weighted by Gasteiger charge is 2.14. The highest BCUT2D eigenvalue weighted by atomic mass is 79.9. The average Bonchev–Trinajstić information content (AvgIpc) is 2.57. The molecule has 0 unspecified atom stereocenters. The maximum absolute atomic E-state index is 13.6. The van der Waals surface area contributed by atoms with Crippen LogP contribution in [0.25, 0.3) is 6.08 Å². The van der Waals surface area contributed by atoms with Crippen LogP contribution >= 0.6 is 15.9 Å². The number of aromatic hydroxyl groups is 1. The van der Waals surface area contributed by atoms with Gasteiger partial charge in [0.05, 0.1) is 17.3 Å². The van der Waals surface area contributed by atoms with Crippen molar-refractivity contribution in [1.82, 2.24) is 0 Å². The van der Waals surface area contributed by atoms with Gasteiger partial charge in [-0.25, -0.2) is 8.78 Å². The zero-order valence-electron chi connectivity index (χ0n) is 12.8. The molecule has 2 N–H and O–H groups in total. The summed E-state index contributed by atoms with van der Waals surface area (Å²) in [4.78, 5) is 12.1. The molecule has 5 nitrogen and oxygen atoms in total. The molecule has 0 saturated heterocycles. The zero-order chi connectivity index (χ0) is 18.6. The number of nitriles is 1. The lowest BCUT2D eigenvalue weighted by Gasteiger charge is -2.08. The van der Waals surface area contributed by atoms with Crippen molar-refractivity contribution in [1.29, 1.82) is 5.26 Å². The van der Waals surface area contributed by atoms with Gasteiger partial charge in [0.25, 0.3) is 5.91 Å². The molecular formula is C17H11BrF2N2O3. The number of halogens is 3. The number of hydrogen-bond donors (Lipinski definition) is 2. The second-order valence-electron chi connectivity index (χ2n) is 4.80. The summed E-state index contributed by atoms with van der Waals surface area (Å²) in [6, 6.07) is 7.25. The van der Waals surface area contributed by atoms with E-state index in [2.05, 4.69) is 21.2 Å². The van der Waals surface area contributed by atoms with Gasteiger partial charge < -0.3 is 15.2 Å². The van der Waals surface area contributed by atoms with Crippen LogP contribution in [-0.2, 0) is 4.79 Å². The number of carbonyl (C=O) groups excluding carboxylic acids is 1. The maximum atomic E-state index is 13.6. The Bertz CT molecular complexity index is 907. The number of nitrogens with one attached hydrogen (secondary N) is 1. The Labute approximate surface area is 150 Å². The summed E-state index contributed by atoms with van der Waals surface area (Å²) >= 11 is 3.13. The number of ether oxygens (including phenoxy) is 1. The monoisotopic (exact) mass is 408 g/mol. The number of carbonyl (C=O) groups is 1. The molecule has 2 aromatic carbocycles. The fourth-order valence-corrected chi connectivity index (χ4v) is 2.39. The molecule has 0 aliphatic carbocycles. The Hall–Kier alpha value is -2.92. The minimum absolute atomic E-state index is 0.129. The van der Waals surface area contributed by atoms with Gasteiger partial charge in [-0.15, -0.1) is 0 Å². The summed E-state index contributed by atoms with van der Waals surface area (Å²) in [5.41, 5.74) is -0.173. The van der Waals surface area contributed by atoms with Crippen LogP contribution in [0.15, 0.2) is 40.4 Å². The van der Waals surface area contributed by atoms with Crippen molar-refractivity contribution in [3.8, 4) is 17.6 Å². The predicted octanol–water partition coefficient (Wildman–Crippen LogP) is 3.99. The maximum Gasteiger partial charge on any atom is 0.266 e. The summed E-state index contributed by atoms with van der Waals surface area (Å²) in [5, 5.41) is 21.1. The van der Waals surface area contributed by atoms with E-state index in [1.807, 2.05) is 0 Å². The third-order valence-electron chi connectivity index (χ3n) is 3.13. The number of benzene rings is 2. The molecule has 0 bridgehead atoms. The van der Waals surface area contributed by atoms with E-state index < -0.39 is 17.5 Å². The van der Waals surface area contributed by atoms with Crippen molar-refractivity contribution < 1.29 is 23.4 Å². The Kier molecular flexibility index (Phi) is 5.72. The Morgan fingerprint density at radius 2 is 2.08 bits per heavy atom. The van der Waals surface area contributed by atoms with Gasteiger partial charge in [0.15, 0.2) is 11.5 Å². The molecule has 0 aromatic heterocycles. The molecule has 2 rings (SSSR count). The molecule has 0 heterocycles. The minimum Gasteiger partial charge on any atom is -0.503 e. The van der Waals surface area contributed by atoms with E-state index in [4.69, 9.17) is 4.74 Å². The molecule has 8 heteroatoms. The van der Waals surface area contributed by atoms with Crippen LogP contribution in [0, 0.1) is 23.0 Å². The third kappa shape index (κ3) is 4.33. The summed E-state index contributed by atoms with van der Waals surface area (Å²) in [7, 11) is 1.35. The van der Waals surface area contributed by atoms with Crippen LogP contribution in [0.2, 0.25) is 0 Å². The lowest BCUT2D eigenvalue weighted by atomic mass is 10.1. The fourth-order valence-electron chi connectivity index (χ4n) is 1.93. The van der Waals surface area contributed by atoms with Crippen LogP contribution in [-0.4, -0.2) is 18.1 Å². The topological polar surface area (TPSA) is 82.3 Å². The molecule has 0 spiro atoms. The molecule has 1 amide bonds. The van der Waals surface area contributed by atoms with Gasteiger partial charge >= 0.3 is 0 Å². The molecule has 128 valence electrons. The van der Waals surface area contributed by atoms with Crippen LogP contribution in [0.5, 0.6) is 11.5 Å². The van der Waals surface area contributed by atoms with Crippen molar-refractivity contribution in [2.24, 2.45) is 0 Å². The van der Waals surface area contributed by atoms with Gasteiger partial charge in [0, 0.05) is 6.07 Å². The number of amides is 1. The third-order valence-corrected chi connectivity index (χ3v) is 3.73. The highest BCUT2D eigenvalue weighted by Crippen LogP contribution is 2.35. The molecule has 0 atom stereocenters. The molecule has 0 radical (unpaired) electrons. The normalized spacial score (nSPS) is 10.9. The van der Waals surface area contributed by atoms with Crippen LogP contribution in [0.4, 0.5) is 14.5 Å². The number of methoxy groups -OCH3 is 1. The largest absolute Gasteiger partial charge is 0.503 e. The highest BCUT2D eigenvalue weighted by molar-refractivity contribution is 9.10. The fraction of sp³-hybridized carbons (Fsp3) is 0.0588. The van der Waals surface area contributed by atoms with Crippen LogP contribution < -0.4 is 10.1 Å². The summed E-state index contributed by atoms with van der Waals surface area (Å²) in [5.74, 6) is -2.60. The first-order valence-electron chi connectivity index (χ1n) is 6.80. The second-order valence-corrected chi connectivity index (χ2v) is 5.66. The van der Waals surface area contributed by atoms with Gasteiger partial charge in [-0.2, -0.15) is 5.26 Å². The first-order chi connectivity index (χ1) is 11.8. The van der Waals surface area contributed by atoms with Gasteiger partial charge in [0.1, 0.15) is 23.3 Å². The lowest BCUT2D eigenvalue weighted by Crippen LogP contribution is -2.14. The van der Waals surface area contributed by atoms with Crippen molar-refractivity contribution in [2.75, 3.05) is 12.4 Å². The Morgan fingerprint density at radius 1 is 1.36 bits per heavy atom. The van der Waals surface area contributed by atoms with Crippen LogP contribution in [0.1, 0.15) is 5.56 Å². The van der Waals surface area contributed by atoms with E-state index >= 15 is 0 Å². The summed E-state index contributed by atoms with van der Waals surface area (Å²) in [6.07, 6.45) is 1.24. The zero-order valence-corrected chi connectivity index (χ0v) is 14.4. The summed E-state index contributed by atoms with van der Waals surface area (Å²) in [6.45, 7) is 0. The van der Waals surface area contributed by atoms with E-state index in [1.165, 1.54) is 25.3 Å². The molecular weight excluding hydrogens is 398 g/mol. The number of rotatable bonds is 4. The number of anilines is 1. The van der Waals surface area contributed by atoms with E-state index in [0.717, 1.165) is 12.1 Å². The SMILES string of the molecule is COc1cc(/C=C(\C#N)C(=O)Nc2ccc(F)cc2F)cc(Br)c1O. The van der Waals surface area contributed by atoms with Crippen molar-refractivity contribution in [3.05, 3.63) is 57.6 Å². The molecule has 0 saturated carbocycles. The number of nitrogens with zero attached hydrogens (tertiary/aromatic N) is 1. The first kappa shape index (κ1) is 18.4. The van der Waals surface area contributed by atoms with E-state index in [9.17, 15) is 23.9 Å². The molecule has 25 heavy (non-hydrogen) atoms. The minimum atomic E-state index is -0.959. The molecule has 2 aromatic rings. The quantitative estimate of drug-likeness (QED) is 0.591. The van der Waals surface area contributed by atoms with Gasteiger partial charge in [0.2, 0.25) is 0 Å². The van der Waals surface area contributed by atoms with Gasteiger partial charge in [-0.3, -0.25) is 4.79 Å². The number of phenols is 1. The Morgan fingerprint density at radius 3 is 2.68 bits per heavy atom. The van der Waals surface area contributed by atoms with Gasteiger partial charge in [-0.1, -0.05) is 0 Å². The van der Waals surface area contributed by atoms with Crippen LogP contribution in [0.3, 0.4) is 0 Å². The van der Waals surface area contributed by atoms with Crippen molar-refractivity contribution >= 4 is 33.6 Å². The smallest absolute Gasteiger partial charge is 0.266 e. The first-order valence-corrected chi connectivity index (χ1v) is 7.59. The predicted molar refractivity (Wildman–Crippen MR) is 90.9 cm³/mol. The van der Waals surface area contributed by atoms with E-state index in [0.29, 0.717) is 16.1 Å². The summed E-state index contributed by atoms with van der Waals surface area (Å²) < 4.78 is 31.8. The van der Waals surface area contributed by atoms with E-state index in [-0.39, 0.29) is 22.8 Å². The average molecular weight is 409 g/mol. The number of phenolic OH excluding ortho intramolecular Hbond substituents is 1. The molecule has 0 fully saturated rings. The Balaban J connectivity index is 2.32. The second kappa shape index (κ2) is 7.77. The van der Waals surface area contributed by atoms with Crippen molar-refractivity contribution in [2.45, 2.75) is 0 Å². The van der Waals surface area contributed by atoms with Crippen molar-refractivity contribution in [3.63, 3.8) is 0 Å². The van der Waals surface area contributed by atoms with E-state index in [1.54, 1.807) is 6.07 Å². The lowest BCUT2D eigenvalue weighted by molar-refractivity contribution is -0.112. The standard InChI is InChI=1S/C17H11BrF2N2O3/c1-25-15-6-9(5-12(18)16(15)23)4-10(8-21)17(24)22-14-3-2-11(19)7-13(14)20/h2-7,23H,1H3,(H,22,24)/b10-4+. The number of hydrogen-bond acceptors (Lipinski definition) is 4. The molecule has 0 aliphatic rings. The molecule has 0 aliphatic heterocycles.